The van der Waals surface area contributed by atoms with Gasteiger partial charge in [0.2, 0.25) is 0 Å². The summed E-state index contributed by atoms with van der Waals surface area (Å²) >= 11 is 0. The minimum atomic E-state index is -3.16. The van der Waals surface area contributed by atoms with Gasteiger partial charge in [0.25, 0.3) is 0 Å². The van der Waals surface area contributed by atoms with Crippen molar-refractivity contribution in [2.75, 3.05) is 25.2 Å². The van der Waals surface area contributed by atoms with Crippen molar-refractivity contribution in [1.82, 2.24) is 4.90 Å². The van der Waals surface area contributed by atoms with Gasteiger partial charge in [0, 0.05) is 0 Å². The van der Waals surface area contributed by atoms with Gasteiger partial charge in [-0.05, 0) is 6.42 Å². The van der Waals surface area contributed by atoms with E-state index in [1.165, 1.54) is 0 Å². The Morgan fingerprint density at radius 3 is 2.50 bits per heavy atom. The van der Waals surface area contributed by atoms with E-state index in [1.54, 1.807) is 0 Å². The highest BCUT2D eigenvalue weighted by Gasteiger charge is 2.36. The molecule has 1 amide bonds. The quantitative estimate of drug-likeness (QED) is 0.713. The van der Waals surface area contributed by atoms with Crippen LogP contribution >= 0.6 is 0 Å². The summed E-state index contributed by atoms with van der Waals surface area (Å²) in [6.07, 6.45) is -0.561. The Morgan fingerprint density at radius 1 is 1.50 bits per heavy atom. The lowest BCUT2D eigenvalue weighted by atomic mass is 10.2. The van der Waals surface area contributed by atoms with Gasteiger partial charge in [0.1, 0.15) is 6.54 Å². The largest absolute Gasteiger partial charge is 0.480 e. The van der Waals surface area contributed by atoms with Crippen molar-refractivity contribution in [2.45, 2.75) is 12.5 Å². The monoisotopic (exact) mass is 251 g/mol. The minimum Gasteiger partial charge on any atom is -0.480 e. The summed E-state index contributed by atoms with van der Waals surface area (Å²) in [5, 5.41) is 8.62. The van der Waals surface area contributed by atoms with E-state index in [0.717, 1.165) is 12.0 Å². The molecule has 1 atom stereocenters. The van der Waals surface area contributed by atoms with E-state index in [1.807, 2.05) is 0 Å². The maximum absolute atomic E-state index is 11.3. The summed E-state index contributed by atoms with van der Waals surface area (Å²) < 4.78 is 26.9. The van der Waals surface area contributed by atoms with Gasteiger partial charge >= 0.3 is 12.1 Å². The lowest BCUT2D eigenvalue weighted by molar-refractivity contribution is -0.138. The number of carboxylic acids is 1. The maximum atomic E-state index is 11.3. The molecule has 0 aromatic heterocycles. The standard InChI is InChI=1S/C8H13NO6S/c1-15-8(12)9(4-7(10)11)6-2-3-16(13,14)5-6/h6H,2-5H2,1H3,(H,10,11). The first-order valence-electron chi connectivity index (χ1n) is 4.62. The molecule has 1 heterocycles. The molecule has 1 unspecified atom stereocenters. The normalized spacial score (nSPS) is 22.7. The molecule has 1 saturated heterocycles. The van der Waals surface area contributed by atoms with E-state index in [9.17, 15) is 18.0 Å². The number of ether oxygens (including phenoxy) is 1. The van der Waals surface area contributed by atoms with E-state index in [0.29, 0.717) is 0 Å². The van der Waals surface area contributed by atoms with Gasteiger partial charge in [-0.15, -0.1) is 0 Å². The number of carboxylic acid groups (broad SMARTS) is 1. The SMILES string of the molecule is COC(=O)N(CC(=O)O)C1CCS(=O)(=O)C1. The molecule has 1 aliphatic heterocycles. The fourth-order valence-corrected chi connectivity index (χ4v) is 3.36. The van der Waals surface area contributed by atoms with Crippen molar-refractivity contribution in [1.29, 1.82) is 0 Å². The highest BCUT2D eigenvalue weighted by Crippen LogP contribution is 2.18. The minimum absolute atomic E-state index is 0.0230. The topological polar surface area (TPSA) is 101 Å². The molecule has 1 rings (SSSR count). The molecule has 0 bridgehead atoms. The number of amides is 1. The molecule has 1 N–H and O–H groups in total. The van der Waals surface area contributed by atoms with Crippen LogP contribution in [0.25, 0.3) is 0 Å². The van der Waals surface area contributed by atoms with Gasteiger partial charge in [-0.25, -0.2) is 13.2 Å². The molecule has 16 heavy (non-hydrogen) atoms. The van der Waals surface area contributed by atoms with E-state index in [2.05, 4.69) is 4.74 Å². The lowest BCUT2D eigenvalue weighted by Gasteiger charge is -2.24. The summed E-state index contributed by atoms with van der Waals surface area (Å²) in [6, 6.07) is -0.603. The smallest absolute Gasteiger partial charge is 0.410 e. The van der Waals surface area contributed by atoms with Crippen molar-refractivity contribution in [3.8, 4) is 0 Å². The van der Waals surface area contributed by atoms with Crippen LogP contribution in [0.15, 0.2) is 0 Å². The van der Waals surface area contributed by atoms with Crippen LogP contribution in [0.2, 0.25) is 0 Å². The highest BCUT2D eigenvalue weighted by molar-refractivity contribution is 7.91. The van der Waals surface area contributed by atoms with Crippen molar-refractivity contribution < 1.29 is 27.9 Å². The molecular formula is C8H13NO6S. The first kappa shape index (κ1) is 12.8. The fraction of sp³-hybridized carbons (Fsp3) is 0.750. The van der Waals surface area contributed by atoms with E-state index in [-0.39, 0.29) is 17.9 Å². The number of rotatable bonds is 3. The summed E-state index contributed by atoms with van der Waals surface area (Å²) in [6.45, 7) is -0.549. The van der Waals surface area contributed by atoms with Crippen LogP contribution in [0.5, 0.6) is 0 Å². The third kappa shape index (κ3) is 3.09. The molecule has 7 nitrogen and oxygen atoms in total. The van der Waals surface area contributed by atoms with Crippen LogP contribution in [0.4, 0.5) is 4.79 Å². The molecular weight excluding hydrogens is 238 g/mol. The number of hydrogen-bond acceptors (Lipinski definition) is 5. The zero-order valence-corrected chi connectivity index (χ0v) is 9.57. The summed E-state index contributed by atoms with van der Waals surface area (Å²) in [7, 11) is -2.03. The van der Waals surface area contributed by atoms with Crippen molar-refractivity contribution in [2.24, 2.45) is 0 Å². The Morgan fingerprint density at radius 2 is 2.12 bits per heavy atom. The first-order chi connectivity index (χ1) is 7.35. The maximum Gasteiger partial charge on any atom is 0.410 e. The Kier molecular flexibility index (Phi) is 3.74. The number of aliphatic carboxylic acids is 1. The Hall–Kier alpha value is -1.31. The van der Waals surface area contributed by atoms with Gasteiger partial charge in [-0.2, -0.15) is 0 Å². The van der Waals surface area contributed by atoms with Gasteiger partial charge in [0.05, 0.1) is 24.7 Å². The van der Waals surface area contributed by atoms with Gasteiger partial charge < -0.3 is 9.84 Å². The van der Waals surface area contributed by atoms with Crippen LogP contribution in [-0.4, -0.2) is 61.7 Å². The van der Waals surface area contributed by atoms with Crippen LogP contribution in [0, 0.1) is 0 Å². The first-order valence-corrected chi connectivity index (χ1v) is 6.44. The molecule has 0 saturated carbocycles. The number of nitrogens with zero attached hydrogens (tertiary/aromatic N) is 1. The molecule has 0 spiro atoms. The average molecular weight is 251 g/mol. The molecule has 0 aromatic rings. The van der Waals surface area contributed by atoms with Crippen molar-refractivity contribution in [3.05, 3.63) is 0 Å². The molecule has 8 heteroatoms. The van der Waals surface area contributed by atoms with Gasteiger partial charge in [-0.1, -0.05) is 0 Å². The van der Waals surface area contributed by atoms with Gasteiger partial charge in [-0.3, -0.25) is 9.69 Å². The van der Waals surface area contributed by atoms with E-state index < -0.39 is 34.5 Å². The second-order valence-electron chi connectivity index (χ2n) is 3.55. The summed E-state index contributed by atoms with van der Waals surface area (Å²) in [5.74, 6) is -1.42. The van der Waals surface area contributed by atoms with Gasteiger partial charge in [0.15, 0.2) is 9.84 Å². The summed E-state index contributed by atoms with van der Waals surface area (Å²) in [4.78, 5) is 22.8. The van der Waals surface area contributed by atoms with E-state index >= 15 is 0 Å². The molecule has 1 aliphatic rings. The third-order valence-electron chi connectivity index (χ3n) is 2.36. The number of carbonyl (C=O) groups is 2. The predicted octanol–water partition coefficient (Wildman–Crippen LogP) is -0.673. The third-order valence-corrected chi connectivity index (χ3v) is 4.11. The molecule has 0 radical (unpaired) electrons. The van der Waals surface area contributed by atoms with Crippen molar-refractivity contribution >= 4 is 21.9 Å². The highest BCUT2D eigenvalue weighted by atomic mass is 32.2. The van der Waals surface area contributed by atoms with Crippen LogP contribution in [0.3, 0.4) is 0 Å². The second-order valence-corrected chi connectivity index (χ2v) is 5.78. The Bertz CT molecular complexity index is 389. The molecule has 0 aromatic carbocycles. The second kappa shape index (κ2) is 4.69. The zero-order valence-electron chi connectivity index (χ0n) is 8.75. The number of hydrogen-bond donors (Lipinski definition) is 1. The molecule has 92 valence electrons. The van der Waals surface area contributed by atoms with E-state index in [4.69, 9.17) is 5.11 Å². The average Bonchev–Trinajstić information content (AvgIpc) is 2.53. The number of carbonyl (C=O) groups excluding carboxylic acids is 1. The van der Waals surface area contributed by atoms with Crippen LogP contribution in [0.1, 0.15) is 6.42 Å². The summed E-state index contributed by atoms with van der Waals surface area (Å²) in [5.41, 5.74) is 0. The molecule has 1 fully saturated rings. The molecule has 0 aliphatic carbocycles. The lowest BCUT2D eigenvalue weighted by Crippen LogP contribution is -2.44. The Labute approximate surface area is 92.9 Å². The van der Waals surface area contributed by atoms with Crippen LogP contribution < -0.4 is 0 Å². The number of methoxy groups -OCH3 is 1. The number of sulfone groups is 1. The fourth-order valence-electron chi connectivity index (χ4n) is 1.63. The zero-order chi connectivity index (χ0) is 12.3. The van der Waals surface area contributed by atoms with Crippen LogP contribution in [-0.2, 0) is 19.4 Å². The predicted molar refractivity (Wildman–Crippen MR) is 53.8 cm³/mol. The Balaban J connectivity index is 2.78. The van der Waals surface area contributed by atoms with Crippen molar-refractivity contribution in [3.63, 3.8) is 0 Å².